The van der Waals surface area contributed by atoms with E-state index in [0.29, 0.717) is 31.0 Å². The second kappa shape index (κ2) is 12.0. The number of methoxy groups -OCH3 is 1. The van der Waals surface area contributed by atoms with E-state index >= 15 is 0 Å². The predicted octanol–water partition coefficient (Wildman–Crippen LogP) is 4.66. The number of hydrogen-bond donors (Lipinski definition) is 1. The van der Waals surface area contributed by atoms with Gasteiger partial charge < -0.3 is 24.3 Å². The zero-order chi connectivity index (χ0) is 27.2. The summed E-state index contributed by atoms with van der Waals surface area (Å²) in [5, 5.41) is 3.40. The fourth-order valence-electron chi connectivity index (χ4n) is 5.06. The van der Waals surface area contributed by atoms with Gasteiger partial charge in [0.1, 0.15) is 12.4 Å². The Balaban J connectivity index is 1.40. The molecule has 0 bridgehead atoms. The highest BCUT2D eigenvalue weighted by Crippen LogP contribution is 2.32. The van der Waals surface area contributed by atoms with Crippen molar-refractivity contribution < 1.29 is 19.1 Å². The average Bonchev–Trinajstić information content (AvgIpc) is 3.34. The van der Waals surface area contributed by atoms with E-state index in [1.54, 1.807) is 0 Å². The zero-order valence-corrected chi connectivity index (χ0v) is 22.3. The fourth-order valence-corrected chi connectivity index (χ4v) is 5.06. The van der Waals surface area contributed by atoms with E-state index in [2.05, 4.69) is 22.0 Å². The monoisotopic (exact) mass is 523 g/mol. The van der Waals surface area contributed by atoms with Gasteiger partial charge in [-0.05, 0) is 48.4 Å². The van der Waals surface area contributed by atoms with Gasteiger partial charge in [-0.15, -0.1) is 0 Å². The van der Waals surface area contributed by atoms with Crippen molar-refractivity contribution in [2.75, 3.05) is 33.4 Å². The number of carbonyl (C=O) groups is 2. The highest BCUT2D eigenvalue weighted by molar-refractivity contribution is 6.01. The van der Waals surface area contributed by atoms with Gasteiger partial charge in [-0.1, -0.05) is 60.7 Å². The summed E-state index contributed by atoms with van der Waals surface area (Å²) in [6.07, 6.45) is 0.220. The third-order valence-corrected chi connectivity index (χ3v) is 7.03. The molecule has 1 fully saturated rings. The summed E-state index contributed by atoms with van der Waals surface area (Å²) in [4.78, 5) is 27.6. The first-order valence-corrected chi connectivity index (χ1v) is 13.2. The topological polar surface area (TPSA) is 72.8 Å². The van der Waals surface area contributed by atoms with E-state index in [-0.39, 0.29) is 24.3 Å². The summed E-state index contributed by atoms with van der Waals surface area (Å²) in [6, 6.07) is 29.5. The molecule has 1 saturated heterocycles. The number of para-hydroxylation sites is 1. The molecule has 1 aliphatic rings. The Morgan fingerprint density at radius 3 is 2.33 bits per heavy atom. The number of aryl methyl sites for hydroxylation is 1. The van der Waals surface area contributed by atoms with E-state index in [0.717, 1.165) is 34.7 Å². The number of aromatic nitrogens is 1. The number of nitrogens with zero attached hydrogens (tertiary/aromatic N) is 2. The number of carbonyl (C=O) groups excluding carboxylic acids is 2. The van der Waals surface area contributed by atoms with Gasteiger partial charge >= 0.3 is 5.97 Å². The average molecular weight is 524 g/mol. The molecule has 5 rings (SSSR count). The quantitative estimate of drug-likeness (QED) is 0.340. The minimum absolute atomic E-state index is 0.00448. The van der Waals surface area contributed by atoms with Crippen LogP contribution in [0.2, 0.25) is 0 Å². The van der Waals surface area contributed by atoms with Gasteiger partial charge in [0.15, 0.2) is 0 Å². The second-order valence-electron chi connectivity index (χ2n) is 9.65. The van der Waals surface area contributed by atoms with Crippen LogP contribution in [0, 0.1) is 6.92 Å². The lowest BCUT2D eigenvalue weighted by Gasteiger charge is -2.36. The van der Waals surface area contributed by atoms with E-state index < -0.39 is 0 Å². The van der Waals surface area contributed by atoms with E-state index in [1.165, 1.54) is 7.11 Å². The molecule has 1 N–H and O–H groups in total. The van der Waals surface area contributed by atoms with Gasteiger partial charge in [0.05, 0.1) is 30.8 Å². The Labute approximate surface area is 229 Å². The Morgan fingerprint density at radius 2 is 1.64 bits per heavy atom. The molecule has 1 aliphatic heterocycles. The molecule has 1 amide bonds. The van der Waals surface area contributed by atoms with Gasteiger partial charge in [-0.2, -0.15) is 0 Å². The van der Waals surface area contributed by atoms with Crippen molar-refractivity contribution in [3.05, 3.63) is 108 Å². The minimum atomic E-state index is -0.280. The Kier molecular flexibility index (Phi) is 8.08. The van der Waals surface area contributed by atoms with Gasteiger partial charge in [-0.3, -0.25) is 9.59 Å². The summed E-state index contributed by atoms with van der Waals surface area (Å²) >= 11 is 0. The van der Waals surface area contributed by atoms with Crippen LogP contribution in [0.1, 0.15) is 21.6 Å². The molecular formula is C32H33N3O4. The Morgan fingerprint density at radius 1 is 0.949 bits per heavy atom. The van der Waals surface area contributed by atoms with Gasteiger partial charge in [0.25, 0.3) is 5.91 Å². The molecule has 0 spiro atoms. The number of esters is 1. The number of ether oxygens (including phenoxy) is 2. The van der Waals surface area contributed by atoms with Crippen molar-refractivity contribution in [3.63, 3.8) is 0 Å². The lowest BCUT2D eigenvalue weighted by atomic mass is 10.0. The molecule has 39 heavy (non-hydrogen) atoms. The standard InChI is InChI=1S/C32H33N3O4/c1-23-19-29(31(25-9-5-3-6-10-25)35(23)26-11-7-4-8-12-26)32(37)34-18-17-33-21-27(34)22-39-28-15-13-24(14-16-28)20-30(36)38-2/h3-16,19,27,33H,17-18,20-22H2,1-2H3. The first-order chi connectivity index (χ1) is 19.0. The van der Waals surface area contributed by atoms with Gasteiger partial charge in [-0.25, -0.2) is 0 Å². The summed E-state index contributed by atoms with van der Waals surface area (Å²) in [6.45, 7) is 4.36. The third kappa shape index (κ3) is 5.89. The Hall–Kier alpha value is -4.36. The molecule has 1 unspecified atom stereocenters. The smallest absolute Gasteiger partial charge is 0.309 e. The van der Waals surface area contributed by atoms with Crippen molar-refractivity contribution in [2.24, 2.45) is 0 Å². The molecule has 2 heterocycles. The molecular weight excluding hydrogens is 490 g/mol. The molecule has 1 atom stereocenters. The third-order valence-electron chi connectivity index (χ3n) is 7.03. The first-order valence-electron chi connectivity index (χ1n) is 13.2. The maximum absolute atomic E-state index is 14.2. The van der Waals surface area contributed by atoms with Crippen molar-refractivity contribution >= 4 is 11.9 Å². The van der Waals surface area contributed by atoms with Crippen LogP contribution in [0.15, 0.2) is 91.0 Å². The lowest BCUT2D eigenvalue weighted by Crippen LogP contribution is -2.56. The molecule has 0 aliphatic carbocycles. The highest BCUT2D eigenvalue weighted by atomic mass is 16.5. The molecule has 1 aromatic heterocycles. The second-order valence-corrected chi connectivity index (χ2v) is 9.65. The minimum Gasteiger partial charge on any atom is -0.491 e. The number of piperazine rings is 1. The van der Waals surface area contributed by atoms with Crippen LogP contribution in [-0.4, -0.2) is 60.7 Å². The fraction of sp³-hybridized carbons (Fsp3) is 0.250. The molecule has 7 heteroatoms. The van der Waals surface area contributed by atoms with E-state index in [4.69, 9.17) is 9.47 Å². The maximum Gasteiger partial charge on any atom is 0.309 e. The number of rotatable bonds is 8. The van der Waals surface area contributed by atoms with E-state index in [9.17, 15) is 9.59 Å². The van der Waals surface area contributed by atoms with Crippen LogP contribution in [0.25, 0.3) is 16.9 Å². The number of amides is 1. The predicted molar refractivity (Wildman–Crippen MR) is 151 cm³/mol. The molecule has 4 aromatic rings. The summed E-state index contributed by atoms with van der Waals surface area (Å²) < 4.78 is 13.0. The van der Waals surface area contributed by atoms with Gasteiger partial charge in [0.2, 0.25) is 0 Å². The molecule has 0 radical (unpaired) electrons. The maximum atomic E-state index is 14.2. The van der Waals surface area contributed by atoms with Crippen molar-refractivity contribution in [2.45, 2.75) is 19.4 Å². The van der Waals surface area contributed by atoms with Crippen molar-refractivity contribution in [1.82, 2.24) is 14.8 Å². The largest absolute Gasteiger partial charge is 0.491 e. The van der Waals surface area contributed by atoms with Crippen LogP contribution in [0.5, 0.6) is 5.75 Å². The summed E-state index contributed by atoms with van der Waals surface area (Å²) in [5.74, 6) is 0.408. The zero-order valence-electron chi connectivity index (χ0n) is 22.3. The summed E-state index contributed by atoms with van der Waals surface area (Å²) in [7, 11) is 1.38. The molecule has 200 valence electrons. The van der Waals surface area contributed by atoms with Crippen LogP contribution < -0.4 is 10.1 Å². The Bertz CT molecular complexity index is 1420. The van der Waals surface area contributed by atoms with E-state index in [1.807, 2.05) is 90.7 Å². The van der Waals surface area contributed by atoms with Crippen LogP contribution in [-0.2, 0) is 16.0 Å². The van der Waals surface area contributed by atoms with Crippen LogP contribution >= 0.6 is 0 Å². The lowest BCUT2D eigenvalue weighted by molar-refractivity contribution is -0.139. The molecule has 3 aromatic carbocycles. The van der Waals surface area contributed by atoms with Crippen molar-refractivity contribution in [3.8, 4) is 22.7 Å². The number of nitrogens with one attached hydrogen (secondary N) is 1. The number of hydrogen-bond acceptors (Lipinski definition) is 5. The highest BCUT2D eigenvalue weighted by Gasteiger charge is 2.31. The number of benzene rings is 3. The molecule has 7 nitrogen and oxygen atoms in total. The summed E-state index contributed by atoms with van der Waals surface area (Å²) in [5.41, 5.74) is 5.44. The van der Waals surface area contributed by atoms with Crippen molar-refractivity contribution in [1.29, 1.82) is 0 Å². The van der Waals surface area contributed by atoms with Crippen LogP contribution in [0.4, 0.5) is 0 Å². The normalized spacial score (nSPS) is 15.1. The SMILES string of the molecule is COC(=O)Cc1ccc(OCC2CNCCN2C(=O)c2cc(C)n(-c3ccccc3)c2-c2ccccc2)cc1. The van der Waals surface area contributed by atoms with Crippen LogP contribution in [0.3, 0.4) is 0 Å². The van der Waals surface area contributed by atoms with Gasteiger partial charge in [0, 0.05) is 31.0 Å². The molecule has 0 saturated carbocycles. The first kappa shape index (κ1) is 26.3.